The van der Waals surface area contributed by atoms with Crippen LogP contribution in [0.3, 0.4) is 0 Å². The Kier molecular flexibility index (Phi) is 4.84. The van der Waals surface area contributed by atoms with Gasteiger partial charge in [0.25, 0.3) is 0 Å². The summed E-state index contributed by atoms with van der Waals surface area (Å²) in [6, 6.07) is 12.4. The predicted octanol–water partition coefficient (Wildman–Crippen LogP) is 5.17. The van der Waals surface area contributed by atoms with Crippen molar-refractivity contribution >= 4 is 45.5 Å². The Bertz CT molecular complexity index is 1000. The lowest BCUT2D eigenvalue weighted by Crippen LogP contribution is -1.97. The number of fused-ring (bicyclic) bond motifs is 1. The van der Waals surface area contributed by atoms with Crippen LogP contribution < -0.4 is 14.8 Å². The van der Waals surface area contributed by atoms with E-state index in [4.69, 9.17) is 32.7 Å². The third-order valence-electron chi connectivity index (χ3n) is 3.64. The van der Waals surface area contributed by atoms with Crippen LogP contribution in [0.1, 0.15) is 5.69 Å². The van der Waals surface area contributed by atoms with Crippen molar-refractivity contribution in [2.75, 3.05) is 19.5 Å². The third-order valence-corrected chi connectivity index (χ3v) is 4.25. The quantitative estimate of drug-likeness (QED) is 0.682. The zero-order valence-electron chi connectivity index (χ0n) is 13.4. The smallest absolute Gasteiger partial charge is 0.143 e. The van der Waals surface area contributed by atoms with Gasteiger partial charge in [0.15, 0.2) is 0 Å². The van der Waals surface area contributed by atoms with Gasteiger partial charge in [-0.3, -0.25) is 0 Å². The van der Waals surface area contributed by atoms with Gasteiger partial charge in [-0.2, -0.15) is 5.26 Å². The lowest BCUT2D eigenvalue weighted by molar-refractivity contribution is 0.415. The molecule has 0 spiro atoms. The summed E-state index contributed by atoms with van der Waals surface area (Å²) >= 11 is 12.4. The van der Waals surface area contributed by atoms with Gasteiger partial charge in [-0.25, -0.2) is 4.98 Å². The topological polar surface area (TPSA) is 67.2 Å². The third kappa shape index (κ3) is 3.41. The molecule has 3 rings (SSSR count). The minimum absolute atomic E-state index is 0.289. The molecule has 5 nitrogen and oxygen atoms in total. The fraction of sp³-hybridized carbons (Fsp3) is 0.111. The first-order valence-electron chi connectivity index (χ1n) is 7.24. The molecule has 2 aromatic carbocycles. The highest BCUT2D eigenvalue weighted by atomic mass is 35.5. The molecule has 0 saturated heterocycles. The minimum atomic E-state index is 0.289. The average Bonchev–Trinajstić information content (AvgIpc) is 2.63. The maximum Gasteiger partial charge on any atom is 0.143 e. The molecule has 7 heteroatoms. The summed E-state index contributed by atoms with van der Waals surface area (Å²) in [6.07, 6.45) is 0. The van der Waals surface area contributed by atoms with Crippen molar-refractivity contribution in [1.82, 2.24) is 4.98 Å². The van der Waals surface area contributed by atoms with E-state index in [-0.39, 0.29) is 5.69 Å². The normalized spacial score (nSPS) is 10.4. The second kappa shape index (κ2) is 7.06. The first kappa shape index (κ1) is 17.2. The zero-order chi connectivity index (χ0) is 18.0. The van der Waals surface area contributed by atoms with Gasteiger partial charge in [0, 0.05) is 11.5 Å². The van der Waals surface area contributed by atoms with Crippen molar-refractivity contribution in [1.29, 1.82) is 5.26 Å². The van der Waals surface area contributed by atoms with Crippen LogP contribution in [0, 0.1) is 11.3 Å². The van der Waals surface area contributed by atoms with Crippen LogP contribution >= 0.6 is 23.2 Å². The molecule has 0 saturated carbocycles. The Balaban J connectivity index is 2.16. The van der Waals surface area contributed by atoms with E-state index in [2.05, 4.69) is 16.4 Å². The highest BCUT2D eigenvalue weighted by Gasteiger charge is 2.12. The number of halogens is 2. The van der Waals surface area contributed by atoms with Crippen LogP contribution in [-0.4, -0.2) is 19.2 Å². The molecule has 0 aliphatic rings. The molecule has 0 amide bonds. The predicted molar refractivity (Wildman–Crippen MR) is 99.3 cm³/mol. The summed E-state index contributed by atoms with van der Waals surface area (Å²) in [5.41, 5.74) is 2.23. The van der Waals surface area contributed by atoms with Crippen molar-refractivity contribution in [2.45, 2.75) is 0 Å². The number of nitrogens with zero attached hydrogens (tertiary/aromatic N) is 2. The van der Waals surface area contributed by atoms with Gasteiger partial charge in [0.05, 0.1) is 41.2 Å². The van der Waals surface area contributed by atoms with Crippen LogP contribution in [0.5, 0.6) is 11.5 Å². The summed E-state index contributed by atoms with van der Waals surface area (Å²) < 4.78 is 10.5. The maximum absolute atomic E-state index is 9.23. The molecular weight excluding hydrogens is 361 g/mol. The molecule has 0 aliphatic heterocycles. The van der Waals surface area contributed by atoms with Crippen LogP contribution in [0.4, 0.5) is 11.4 Å². The van der Waals surface area contributed by atoms with Crippen molar-refractivity contribution in [3.63, 3.8) is 0 Å². The number of ether oxygens (including phenoxy) is 2. The average molecular weight is 374 g/mol. The molecule has 0 bridgehead atoms. The number of hydrogen-bond donors (Lipinski definition) is 1. The Morgan fingerprint density at radius 3 is 2.48 bits per heavy atom. The Morgan fingerprint density at radius 2 is 1.80 bits per heavy atom. The number of hydrogen-bond acceptors (Lipinski definition) is 5. The molecule has 126 valence electrons. The van der Waals surface area contributed by atoms with E-state index in [0.29, 0.717) is 38.4 Å². The molecule has 1 aromatic heterocycles. The summed E-state index contributed by atoms with van der Waals surface area (Å²) in [5.74, 6) is 1.17. The highest BCUT2D eigenvalue weighted by Crippen LogP contribution is 2.37. The number of nitriles is 1. The summed E-state index contributed by atoms with van der Waals surface area (Å²) in [7, 11) is 3.12. The molecule has 0 fully saturated rings. The summed E-state index contributed by atoms with van der Waals surface area (Å²) in [5, 5.41) is 14.1. The van der Waals surface area contributed by atoms with Crippen LogP contribution in [0.15, 0.2) is 36.4 Å². The van der Waals surface area contributed by atoms with E-state index in [1.807, 2.05) is 6.07 Å². The van der Waals surface area contributed by atoms with Gasteiger partial charge in [-0.05, 0) is 30.3 Å². The van der Waals surface area contributed by atoms with Gasteiger partial charge in [-0.1, -0.05) is 23.2 Å². The van der Waals surface area contributed by atoms with Crippen molar-refractivity contribution in [3.05, 3.63) is 52.1 Å². The van der Waals surface area contributed by atoms with E-state index < -0.39 is 0 Å². The second-order valence-electron chi connectivity index (χ2n) is 5.14. The first-order valence-corrected chi connectivity index (χ1v) is 8.00. The van der Waals surface area contributed by atoms with E-state index in [1.54, 1.807) is 37.4 Å². The van der Waals surface area contributed by atoms with Crippen LogP contribution in [0.2, 0.25) is 10.0 Å². The number of nitrogens with one attached hydrogen (secondary N) is 1. The molecule has 0 atom stereocenters. The van der Waals surface area contributed by atoms with E-state index in [0.717, 1.165) is 5.39 Å². The standard InChI is InChI=1S/C18H13Cl2N3O2/c1-24-11-3-4-15-12(6-11)16(5-10(9-21)22-15)23-17-8-18(25-2)14(20)7-13(17)19/h3-8H,1-2H3,(H,22,23). The minimum Gasteiger partial charge on any atom is -0.497 e. The number of aromatic nitrogens is 1. The largest absolute Gasteiger partial charge is 0.497 e. The maximum atomic E-state index is 9.23. The van der Waals surface area contributed by atoms with Crippen LogP contribution in [-0.2, 0) is 0 Å². The van der Waals surface area contributed by atoms with Gasteiger partial charge in [0.1, 0.15) is 23.3 Å². The first-order chi connectivity index (χ1) is 12.0. The highest BCUT2D eigenvalue weighted by molar-refractivity contribution is 6.37. The van der Waals surface area contributed by atoms with Gasteiger partial charge in [-0.15, -0.1) is 0 Å². The monoisotopic (exact) mass is 373 g/mol. The summed E-state index contributed by atoms with van der Waals surface area (Å²) in [4.78, 5) is 4.31. The lowest BCUT2D eigenvalue weighted by atomic mass is 10.1. The molecule has 1 heterocycles. The molecule has 0 aliphatic carbocycles. The van der Waals surface area contributed by atoms with Crippen molar-refractivity contribution in [3.8, 4) is 17.6 Å². The zero-order valence-corrected chi connectivity index (χ0v) is 14.9. The molecule has 0 unspecified atom stereocenters. The number of pyridine rings is 1. The lowest BCUT2D eigenvalue weighted by Gasteiger charge is -2.14. The Labute approximate surface area is 154 Å². The molecule has 25 heavy (non-hydrogen) atoms. The molecule has 1 N–H and O–H groups in total. The Hall–Kier alpha value is -2.68. The molecular formula is C18H13Cl2N3O2. The van der Waals surface area contributed by atoms with E-state index in [9.17, 15) is 5.26 Å². The van der Waals surface area contributed by atoms with E-state index in [1.165, 1.54) is 7.11 Å². The molecule has 0 radical (unpaired) electrons. The van der Waals surface area contributed by atoms with Gasteiger partial charge >= 0.3 is 0 Å². The van der Waals surface area contributed by atoms with Crippen LogP contribution in [0.25, 0.3) is 10.9 Å². The number of benzene rings is 2. The Morgan fingerprint density at radius 1 is 1.00 bits per heavy atom. The second-order valence-corrected chi connectivity index (χ2v) is 5.96. The number of rotatable bonds is 4. The molecule has 3 aromatic rings. The van der Waals surface area contributed by atoms with E-state index >= 15 is 0 Å². The van der Waals surface area contributed by atoms with Crippen molar-refractivity contribution < 1.29 is 9.47 Å². The number of methoxy groups -OCH3 is 2. The number of anilines is 2. The summed E-state index contributed by atoms with van der Waals surface area (Å²) in [6.45, 7) is 0. The fourth-order valence-electron chi connectivity index (χ4n) is 2.42. The SMILES string of the molecule is COc1ccc2nc(C#N)cc(Nc3cc(OC)c(Cl)cc3Cl)c2c1. The van der Waals surface area contributed by atoms with Crippen molar-refractivity contribution in [2.24, 2.45) is 0 Å². The van der Waals surface area contributed by atoms with Gasteiger partial charge < -0.3 is 14.8 Å². The fourth-order valence-corrected chi connectivity index (χ4v) is 2.93. The van der Waals surface area contributed by atoms with Gasteiger partial charge in [0.2, 0.25) is 0 Å².